The number of benzene rings is 1. The molecule has 2 aromatic heterocycles. The number of hydrogen-bond donors (Lipinski definition) is 0. The van der Waals surface area contributed by atoms with Gasteiger partial charge in [-0.1, -0.05) is 22.0 Å². The van der Waals surface area contributed by atoms with Crippen molar-refractivity contribution in [3.8, 4) is 11.5 Å². The number of fused-ring (bicyclic) bond motifs is 1. The zero-order chi connectivity index (χ0) is 12.7. The van der Waals surface area contributed by atoms with Gasteiger partial charge in [-0.2, -0.15) is 0 Å². The highest BCUT2D eigenvalue weighted by atomic mass is 79.9. The number of hydrogen-bond acceptors (Lipinski definition) is 4. The molecule has 18 heavy (non-hydrogen) atoms. The fourth-order valence-electron chi connectivity index (χ4n) is 1.73. The second-order valence-electron chi connectivity index (χ2n) is 3.89. The summed E-state index contributed by atoms with van der Waals surface area (Å²) >= 11 is 4.88. The van der Waals surface area contributed by atoms with E-state index in [2.05, 4.69) is 20.9 Å². The van der Waals surface area contributed by atoms with Crippen LogP contribution in [0.15, 0.2) is 44.0 Å². The van der Waals surface area contributed by atoms with Crippen LogP contribution >= 0.6 is 27.3 Å². The molecule has 0 saturated heterocycles. The van der Waals surface area contributed by atoms with Crippen molar-refractivity contribution in [1.29, 1.82) is 0 Å². The van der Waals surface area contributed by atoms with Crippen molar-refractivity contribution >= 4 is 37.5 Å². The quantitative estimate of drug-likeness (QED) is 0.680. The molecule has 2 heterocycles. The Morgan fingerprint density at radius 1 is 1.33 bits per heavy atom. The van der Waals surface area contributed by atoms with Crippen molar-refractivity contribution in [2.75, 3.05) is 0 Å². The molecule has 0 amide bonds. The number of thiophene rings is 1. The van der Waals surface area contributed by atoms with Crippen LogP contribution < -0.4 is 5.63 Å². The molecular weight excluding hydrogens is 314 g/mol. The molecule has 3 nitrogen and oxygen atoms in total. The van der Waals surface area contributed by atoms with Gasteiger partial charge in [0.2, 0.25) is 5.89 Å². The van der Waals surface area contributed by atoms with Crippen LogP contribution in [0.2, 0.25) is 0 Å². The third kappa shape index (κ3) is 2.00. The van der Waals surface area contributed by atoms with Crippen LogP contribution in [-0.2, 0) is 0 Å². The Bertz CT molecular complexity index is 791. The number of aromatic nitrogens is 1. The standard InChI is InChI=1S/C13H8BrNO2S/c1-7-5-10-12(18-7)15-11(17-13(10)16)8-3-2-4-9(14)6-8/h2-6H,1H3. The number of aryl methyl sites for hydroxylation is 1. The van der Waals surface area contributed by atoms with Gasteiger partial charge in [-0.15, -0.1) is 11.3 Å². The maximum atomic E-state index is 11.9. The van der Waals surface area contributed by atoms with Gasteiger partial charge in [-0.05, 0) is 31.2 Å². The van der Waals surface area contributed by atoms with E-state index in [1.165, 1.54) is 11.3 Å². The van der Waals surface area contributed by atoms with E-state index >= 15 is 0 Å². The summed E-state index contributed by atoms with van der Waals surface area (Å²) in [5.41, 5.74) is 0.453. The molecule has 0 atom stereocenters. The first-order valence-corrected chi connectivity index (χ1v) is 6.92. The molecule has 5 heteroatoms. The summed E-state index contributed by atoms with van der Waals surface area (Å²) in [7, 11) is 0. The summed E-state index contributed by atoms with van der Waals surface area (Å²) in [6.45, 7) is 1.95. The highest BCUT2D eigenvalue weighted by Gasteiger charge is 2.10. The van der Waals surface area contributed by atoms with Crippen molar-refractivity contribution in [2.24, 2.45) is 0 Å². The van der Waals surface area contributed by atoms with E-state index in [4.69, 9.17) is 4.42 Å². The molecule has 90 valence electrons. The summed E-state index contributed by atoms with van der Waals surface area (Å²) < 4.78 is 6.19. The number of halogens is 1. The Balaban J connectivity index is 2.27. The summed E-state index contributed by atoms with van der Waals surface area (Å²) in [6.07, 6.45) is 0. The Hall–Kier alpha value is -1.46. The van der Waals surface area contributed by atoms with Crippen LogP contribution in [-0.4, -0.2) is 4.98 Å². The smallest absolute Gasteiger partial charge is 0.347 e. The lowest BCUT2D eigenvalue weighted by Gasteiger charge is -1.99. The van der Waals surface area contributed by atoms with E-state index < -0.39 is 0 Å². The van der Waals surface area contributed by atoms with E-state index in [0.717, 1.165) is 19.7 Å². The van der Waals surface area contributed by atoms with Crippen molar-refractivity contribution in [3.63, 3.8) is 0 Å². The molecule has 0 aliphatic carbocycles. The Kier molecular flexibility index (Phi) is 2.80. The lowest BCUT2D eigenvalue weighted by atomic mass is 10.2. The summed E-state index contributed by atoms with van der Waals surface area (Å²) in [6, 6.07) is 9.34. The van der Waals surface area contributed by atoms with Crippen LogP contribution in [0, 0.1) is 6.92 Å². The second-order valence-corrected chi connectivity index (χ2v) is 6.04. The van der Waals surface area contributed by atoms with Gasteiger partial charge in [0, 0.05) is 14.9 Å². The maximum Gasteiger partial charge on any atom is 0.347 e. The van der Waals surface area contributed by atoms with Crippen LogP contribution in [0.4, 0.5) is 0 Å². The summed E-state index contributed by atoms with van der Waals surface area (Å²) in [4.78, 5) is 18.0. The van der Waals surface area contributed by atoms with E-state index in [0.29, 0.717) is 11.3 Å². The van der Waals surface area contributed by atoms with Gasteiger partial charge >= 0.3 is 5.63 Å². The summed E-state index contributed by atoms with van der Waals surface area (Å²) in [5, 5.41) is 0.552. The minimum Gasteiger partial charge on any atom is -0.403 e. The van der Waals surface area contributed by atoms with Gasteiger partial charge in [0.05, 0.1) is 5.39 Å². The zero-order valence-corrected chi connectivity index (χ0v) is 11.8. The van der Waals surface area contributed by atoms with Gasteiger partial charge in [-0.3, -0.25) is 0 Å². The van der Waals surface area contributed by atoms with Gasteiger partial charge in [0.15, 0.2) is 0 Å². The van der Waals surface area contributed by atoms with Gasteiger partial charge in [0.1, 0.15) is 4.83 Å². The molecule has 0 aliphatic heterocycles. The molecule has 0 radical (unpaired) electrons. The minimum atomic E-state index is -0.334. The van der Waals surface area contributed by atoms with Crippen molar-refractivity contribution in [1.82, 2.24) is 4.98 Å². The summed E-state index contributed by atoms with van der Waals surface area (Å²) in [5.74, 6) is 0.357. The van der Waals surface area contributed by atoms with Crippen molar-refractivity contribution in [3.05, 3.63) is 50.1 Å². The van der Waals surface area contributed by atoms with E-state index in [1.54, 1.807) is 0 Å². The molecule has 0 aliphatic rings. The average Bonchev–Trinajstić information content (AvgIpc) is 2.70. The van der Waals surface area contributed by atoms with Gasteiger partial charge in [-0.25, -0.2) is 9.78 Å². The fraction of sp³-hybridized carbons (Fsp3) is 0.0769. The highest BCUT2D eigenvalue weighted by Crippen LogP contribution is 2.25. The molecule has 0 unspecified atom stereocenters. The third-order valence-corrected chi connectivity index (χ3v) is 3.96. The Morgan fingerprint density at radius 2 is 2.17 bits per heavy atom. The monoisotopic (exact) mass is 321 g/mol. The minimum absolute atomic E-state index is 0.334. The van der Waals surface area contributed by atoms with Crippen LogP contribution in [0.25, 0.3) is 21.7 Å². The van der Waals surface area contributed by atoms with Crippen LogP contribution in [0.1, 0.15) is 4.88 Å². The van der Waals surface area contributed by atoms with Crippen molar-refractivity contribution in [2.45, 2.75) is 6.92 Å². The molecule has 0 bridgehead atoms. The van der Waals surface area contributed by atoms with Crippen LogP contribution in [0.5, 0.6) is 0 Å². The molecule has 0 spiro atoms. The van der Waals surface area contributed by atoms with E-state index in [-0.39, 0.29) is 5.63 Å². The van der Waals surface area contributed by atoms with Gasteiger partial charge in [0.25, 0.3) is 0 Å². The molecular formula is C13H8BrNO2S. The average molecular weight is 322 g/mol. The first-order chi connectivity index (χ1) is 8.63. The predicted molar refractivity (Wildman–Crippen MR) is 76.0 cm³/mol. The Labute approximate surface area is 115 Å². The maximum absolute atomic E-state index is 11.9. The normalized spacial score (nSPS) is 11.0. The molecule has 0 saturated carbocycles. The molecule has 1 aromatic carbocycles. The van der Waals surface area contributed by atoms with E-state index in [1.807, 2.05) is 37.3 Å². The molecule has 0 N–H and O–H groups in total. The largest absolute Gasteiger partial charge is 0.403 e. The van der Waals surface area contributed by atoms with Gasteiger partial charge < -0.3 is 4.42 Å². The van der Waals surface area contributed by atoms with Crippen molar-refractivity contribution < 1.29 is 4.42 Å². The number of nitrogens with zero attached hydrogens (tertiary/aromatic N) is 1. The van der Waals surface area contributed by atoms with E-state index in [9.17, 15) is 4.79 Å². The SMILES string of the molecule is Cc1cc2c(=O)oc(-c3cccc(Br)c3)nc2s1. The third-order valence-electron chi connectivity index (χ3n) is 2.52. The first kappa shape index (κ1) is 11.6. The predicted octanol–water partition coefficient (Wildman–Crippen LogP) is 3.99. The zero-order valence-electron chi connectivity index (χ0n) is 9.44. The Morgan fingerprint density at radius 3 is 2.94 bits per heavy atom. The lowest BCUT2D eigenvalue weighted by molar-refractivity contribution is 0.519. The molecule has 3 rings (SSSR count). The molecule has 3 aromatic rings. The van der Waals surface area contributed by atoms with Crippen LogP contribution in [0.3, 0.4) is 0 Å². The lowest BCUT2D eigenvalue weighted by Crippen LogP contribution is -2.00. The second kappa shape index (κ2) is 4.33. The first-order valence-electron chi connectivity index (χ1n) is 5.31. The number of rotatable bonds is 1. The fourth-order valence-corrected chi connectivity index (χ4v) is 3.00. The topological polar surface area (TPSA) is 43.1 Å². The molecule has 0 fully saturated rings. The highest BCUT2D eigenvalue weighted by molar-refractivity contribution is 9.10.